The van der Waals surface area contributed by atoms with Gasteiger partial charge in [0, 0.05) is 37.6 Å². The van der Waals surface area contributed by atoms with Crippen LogP contribution < -0.4 is 4.90 Å². The van der Waals surface area contributed by atoms with Crippen LogP contribution in [-0.4, -0.2) is 67.3 Å². The summed E-state index contributed by atoms with van der Waals surface area (Å²) in [6, 6.07) is 17.8. The predicted molar refractivity (Wildman–Crippen MR) is 116 cm³/mol. The van der Waals surface area contributed by atoms with Crippen molar-refractivity contribution in [2.75, 3.05) is 57.3 Å². The van der Waals surface area contributed by atoms with Gasteiger partial charge in [-0.15, -0.1) is 0 Å². The van der Waals surface area contributed by atoms with Crippen LogP contribution in [0.15, 0.2) is 48.5 Å². The molecule has 0 radical (unpaired) electrons. The molecular weight excluding hydrogens is 346 g/mol. The summed E-state index contributed by atoms with van der Waals surface area (Å²) < 4.78 is 0. The van der Waals surface area contributed by atoms with Gasteiger partial charge in [-0.05, 0) is 68.6 Å². The van der Waals surface area contributed by atoms with E-state index in [1.165, 1.54) is 41.9 Å². The van der Waals surface area contributed by atoms with Gasteiger partial charge >= 0.3 is 0 Å². The zero-order valence-corrected chi connectivity index (χ0v) is 16.9. The Hall–Kier alpha value is -1.88. The number of aryl methyl sites for hydroxylation is 2. The molecule has 0 amide bonds. The number of nitrogens with zero attached hydrogens (tertiary/aromatic N) is 3. The molecule has 2 aromatic rings. The van der Waals surface area contributed by atoms with E-state index in [-0.39, 0.29) is 6.61 Å². The Kier molecular flexibility index (Phi) is 6.63. The monoisotopic (exact) mass is 379 g/mol. The van der Waals surface area contributed by atoms with Gasteiger partial charge < -0.3 is 14.9 Å². The van der Waals surface area contributed by atoms with Gasteiger partial charge in [-0.1, -0.05) is 36.4 Å². The van der Waals surface area contributed by atoms with Gasteiger partial charge in [-0.2, -0.15) is 0 Å². The van der Waals surface area contributed by atoms with Crippen molar-refractivity contribution in [3.8, 4) is 0 Å². The summed E-state index contributed by atoms with van der Waals surface area (Å²) in [4.78, 5) is 7.54. The third-order valence-corrected chi connectivity index (χ3v) is 6.18. The highest BCUT2D eigenvalue weighted by Crippen LogP contribution is 2.35. The van der Waals surface area contributed by atoms with Crippen molar-refractivity contribution in [2.24, 2.45) is 0 Å². The van der Waals surface area contributed by atoms with E-state index in [1.807, 2.05) is 0 Å². The number of aliphatic hydroxyl groups excluding tert-OH is 1. The average Bonchev–Trinajstić information content (AvgIpc) is 3.04. The predicted octanol–water partition coefficient (Wildman–Crippen LogP) is 3.31. The van der Waals surface area contributed by atoms with Crippen molar-refractivity contribution in [3.05, 3.63) is 59.7 Å². The fourth-order valence-electron chi connectivity index (χ4n) is 4.68. The normalized spacial score (nSPS) is 18.2. The molecule has 0 bridgehead atoms. The molecule has 150 valence electrons. The summed E-state index contributed by atoms with van der Waals surface area (Å²) in [6.45, 7) is 7.78. The van der Waals surface area contributed by atoms with Gasteiger partial charge in [0.05, 0.1) is 6.61 Å². The third-order valence-electron chi connectivity index (χ3n) is 6.18. The number of para-hydroxylation sites is 2. The fourth-order valence-corrected chi connectivity index (χ4v) is 4.68. The molecule has 0 unspecified atom stereocenters. The molecule has 0 aliphatic carbocycles. The topological polar surface area (TPSA) is 30.0 Å². The van der Waals surface area contributed by atoms with Crippen LogP contribution >= 0.6 is 0 Å². The van der Waals surface area contributed by atoms with Gasteiger partial charge in [-0.3, -0.25) is 4.90 Å². The highest BCUT2D eigenvalue weighted by molar-refractivity contribution is 5.71. The Morgan fingerprint density at radius 2 is 1.25 bits per heavy atom. The van der Waals surface area contributed by atoms with E-state index in [0.29, 0.717) is 0 Å². The lowest BCUT2D eigenvalue weighted by molar-refractivity contribution is 0.196. The second-order valence-electron chi connectivity index (χ2n) is 8.02. The molecule has 4 rings (SSSR count). The summed E-state index contributed by atoms with van der Waals surface area (Å²) in [5, 5.41) is 9.18. The molecule has 1 N–H and O–H groups in total. The molecule has 1 saturated heterocycles. The first-order valence-electron chi connectivity index (χ1n) is 10.8. The number of aliphatic hydroxyl groups is 1. The number of anilines is 2. The fraction of sp³-hybridized carbons (Fsp3) is 0.500. The third kappa shape index (κ3) is 4.57. The maximum Gasteiger partial charge on any atom is 0.0558 e. The molecule has 0 aromatic heterocycles. The standard InChI is InChI=1S/C24H33N3O/c28-20-19-26-14-5-13-25(17-18-26)15-6-16-27-23-9-3-1-7-21(23)11-12-22-8-2-4-10-24(22)27/h1-4,7-10,28H,5-6,11-20H2. The van der Waals surface area contributed by atoms with E-state index >= 15 is 0 Å². The molecule has 4 nitrogen and oxygen atoms in total. The zero-order chi connectivity index (χ0) is 19.2. The second-order valence-corrected chi connectivity index (χ2v) is 8.02. The molecule has 2 aliphatic heterocycles. The Morgan fingerprint density at radius 1 is 0.679 bits per heavy atom. The van der Waals surface area contributed by atoms with E-state index in [1.54, 1.807) is 0 Å². The summed E-state index contributed by atoms with van der Waals surface area (Å²) >= 11 is 0. The van der Waals surface area contributed by atoms with Crippen LogP contribution in [0.1, 0.15) is 24.0 Å². The van der Waals surface area contributed by atoms with Crippen molar-refractivity contribution in [1.82, 2.24) is 9.80 Å². The molecular formula is C24H33N3O. The highest BCUT2D eigenvalue weighted by Gasteiger charge is 2.20. The molecule has 28 heavy (non-hydrogen) atoms. The van der Waals surface area contributed by atoms with Crippen LogP contribution in [-0.2, 0) is 12.8 Å². The summed E-state index contributed by atoms with van der Waals surface area (Å²) in [7, 11) is 0. The molecule has 0 spiro atoms. The lowest BCUT2D eigenvalue weighted by atomic mass is 10.0. The first kappa shape index (κ1) is 19.4. The van der Waals surface area contributed by atoms with Crippen LogP contribution in [0.2, 0.25) is 0 Å². The second kappa shape index (κ2) is 9.55. The van der Waals surface area contributed by atoms with Gasteiger partial charge in [0.25, 0.3) is 0 Å². The quantitative estimate of drug-likeness (QED) is 0.834. The van der Waals surface area contributed by atoms with E-state index in [2.05, 4.69) is 63.2 Å². The molecule has 0 saturated carbocycles. The molecule has 2 aliphatic rings. The summed E-state index contributed by atoms with van der Waals surface area (Å²) in [5.41, 5.74) is 5.70. The number of benzene rings is 2. The van der Waals surface area contributed by atoms with Gasteiger partial charge in [0.15, 0.2) is 0 Å². The van der Waals surface area contributed by atoms with Crippen molar-refractivity contribution < 1.29 is 5.11 Å². The van der Waals surface area contributed by atoms with Gasteiger partial charge in [-0.25, -0.2) is 0 Å². The van der Waals surface area contributed by atoms with E-state index < -0.39 is 0 Å². The van der Waals surface area contributed by atoms with Gasteiger partial charge in [0.2, 0.25) is 0 Å². The molecule has 2 heterocycles. The van der Waals surface area contributed by atoms with Crippen molar-refractivity contribution in [2.45, 2.75) is 25.7 Å². The largest absolute Gasteiger partial charge is 0.395 e. The Balaban J connectivity index is 1.42. The van der Waals surface area contributed by atoms with E-state index in [4.69, 9.17) is 0 Å². The number of β-amino-alcohol motifs (C(OH)–C–C–N with tert-alkyl or cyclic N) is 1. The minimum absolute atomic E-state index is 0.272. The highest BCUT2D eigenvalue weighted by atomic mass is 16.3. The maximum absolute atomic E-state index is 9.18. The Bertz CT molecular complexity index is 716. The molecule has 1 fully saturated rings. The van der Waals surface area contributed by atoms with Crippen LogP contribution in [0.4, 0.5) is 11.4 Å². The molecule has 0 atom stereocenters. The molecule has 2 aromatic carbocycles. The minimum atomic E-state index is 0.272. The SMILES string of the molecule is OCCN1CCCN(CCCN2c3ccccc3CCc3ccccc32)CC1. The molecule has 4 heteroatoms. The van der Waals surface area contributed by atoms with Crippen molar-refractivity contribution in [3.63, 3.8) is 0 Å². The first-order valence-corrected chi connectivity index (χ1v) is 10.8. The lowest BCUT2D eigenvalue weighted by Crippen LogP contribution is -2.33. The summed E-state index contributed by atoms with van der Waals surface area (Å²) in [6.07, 6.45) is 4.62. The zero-order valence-electron chi connectivity index (χ0n) is 16.9. The smallest absolute Gasteiger partial charge is 0.0558 e. The number of fused-ring (bicyclic) bond motifs is 2. The van der Waals surface area contributed by atoms with Crippen molar-refractivity contribution >= 4 is 11.4 Å². The lowest BCUT2D eigenvalue weighted by Gasteiger charge is -2.28. The van der Waals surface area contributed by atoms with Crippen molar-refractivity contribution in [1.29, 1.82) is 0 Å². The number of rotatable bonds is 6. The summed E-state index contributed by atoms with van der Waals surface area (Å²) in [5.74, 6) is 0. The average molecular weight is 380 g/mol. The van der Waals surface area contributed by atoms with Crippen LogP contribution in [0, 0.1) is 0 Å². The van der Waals surface area contributed by atoms with Crippen LogP contribution in [0.25, 0.3) is 0 Å². The Morgan fingerprint density at radius 3 is 1.86 bits per heavy atom. The van der Waals surface area contributed by atoms with E-state index in [9.17, 15) is 5.11 Å². The number of hydrogen-bond acceptors (Lipinski definition) is 4. The first-order chi connectivity index (χ1) is 13.8. The Labute approximate surface area is 169 Å². The maximum atomic E-state index is 9.18. The van der Waals surface area contributed by atoms with Gasteiger partial charge in [0.1, 0.15) is 0 Å². The minimum Gasteiger partial charge on any atom is -0.395 e. The van der Waals surface area contributed by atoms with Crippen LogP contribution in [0.3, 0.4) is 0 Å². The number of hydrogen-bond donors (Lipinski definition) is 1. The van der Waals surface area contributed by atoms with E-state index in [0.717, 1.165) is 52.1 Å². The van der Waals surface area contributed by atoms with Crippen LogP contribution in [0.5, 0.6) is 0 Å².